The fourth-order valence-corrected chi connectivity index (χ4v) is 2.95. The molecular weight excluding hydrogens is 270 g/mol. The number of aromatic nitrogens is 1. The molecule has 4 nitrogen and oxygen atoms in total. The van der Waals surface area contributed by atoms with Crippen molar-refractivity contribution < 1.29 is 4.79 Å². The van der Waals surface area contributed by atoms with Gasteiger partial charge in [-0.1, -0.05) is 18.2 Å². The van der Waals surface area contributed by atoms with Crippen LogP contribution in [0.15, 0.2) is 30.5 Å². The lowest BCUT2D eigenvalue weighted by Gasteiger charge is -2.22. The molecule has 2 aromatic rings. The van der Waals surface area contributed by atoms with Crippen LogP contribution in [0.5, 0.6) is 0 Å². The first-order valence-electron chi connectivity index (χ1n) is 6.72. The molecule has 1 fully saturated rings. The molecule has 0 spiro atoms. The summed E-state index contributed by atoms with van der Waals surface area (Å²) < 4.78 is 0. The Bertz CT molecular complexity index is 634. The predicted octanol–water partition coefficient (Wildman–Crippen LogP) is 2.84. The predicted molar refractivity (Wildman–Crippen MR) is 80.6 cm³/mol. The minimum absolute atomic E-state index is 0.0707. The van der Waals surface area contributed by atoms with E-state index in [1.165, 1.54) is 11.3 Å². The van der Waals surface area contributed by atoms with E-state index in [1.54, 1.807) is 6.20 Å². The van der Waals surface area contributed by atoms with Crippen LogP contribution in [0.4, 0.5) is 5.69 Å². The van der Waals surface area contributed by atoms with Gasteiger partial charge in [-0.15, -0.1) is 11.3 Å². The number of hydrogen-bond acceptors (Lipinski definition) is 4. The third kappa shape index (κ3) is 2.67. The molecule has 0 aliphatic heterocycles. The van der Waals surface area contributed by atoms with Gasteiger partial charge in [-0.25, -0.2) is 4.98 Å². The van der Waals surface area contributed by atoms with Crippen molar-refractivity contribution in [2.45, 2.75) is 32.4 Å². The Morgan fingerprint density at radius 3 is 2.80 bits per heavy atom. The molecule has 1 heterocycles. The van der Waals surface area contributed by atoms with Gasteiger partial charge in [0.25, 0.3) is 5.91 Å². The van der Waals surface area contributed by atoms with Crippen molar-refractivity contribution in [2.24, 2.45) is 0 Å². The quantitative estimate of drug-likeness (QED) is 0.880. The summed E-state index contributed by atoms with van der Waals surface area (Å²) in [7, 11) is 0. The lowest BCUT2D eigenvalue weighted by Crippen LogP contribution is -2.32. The van der Waals surface area contributed by atoms with Crippen molar-refractivity contribution in [1.29, 1.82) is 0 Å². The van der Waals surface area contributed by atoms with Gasteiger partial charge in [-0.2, -0.15) is 0 Å². The zero-order chi connectivity index (χ0) is 14.1. The van der Waals surface area contributed by atoms with Gasteiger partial charge >= 0.3 is 0 Å². The van der Waals surface area contributed by atoms with Crippen LogP contribution < -0.4 is 5.73 Å². The van der Waals surface area contributed by atoms with Gasteiger partial charge in [0.1, 0.15) is 4.88 Å². The Hall–Kier alpha value is -1.88. The summed E-state index contributed by atoms with van der Waals surface area (Å²) in [4.78, 5) is 19.4. The molecule has 1 aromatic carbocycles. The summed E-state index contributed by atoms with van der Waals surface area (Å²) in [6.07, 6.45) is 3.83. The van der Waals surface area contributed by atoms with Gasteiger partial charge in [0, 0.05) is 18.3 Å². The van der Waals surface area contributed by atoms with Crippen molar-refractivity contribution in [1.82, 2.24) is 9.88 Å². The maximum absolute atomic E-state index is 12.6. The fraction of sp³-hybridized carbons (Fsp3) is 0.333. The Morgan fingerprint density at radius 1 is 1.45 bits per heavy atom. The highest BCUT2D eigenvalue weighted by molar-refractivity contribution is 7.13. The second kappa shape index (κ2) is 5.25. The van der Waals surface area contributed by atoms with E-state index in [1.807, 2.05) is 36.1 Å². The van der Waals surface area contributed by atoms with Crippen molar-refractivity contribution in [3.05, 3.63) is 45.9 Å². The fourth-order valence-electron chi connectivity index (χ4n) is 2.22. The molecule has 3 rings (SSSR count). The highest BCUT2D eigenvalue weighted by Gasteiger charge is 2.34. The number of anilines is 1. The number of aryl methyl sites for hydroxylation is 1. The van der Waals surface area contributed by atoms with Crippen molar-refractivity contribution >= 4 is 22.9 Å². The molecule has 0 radical (unpaired) electrons. The van der Waals surface area contributed by atoms with Crippen LogP contribution in [0, 0.1) is 6.92 Å². The monoisotopic (exact) mass is 287 g/mol. The third-order valence-electron chi connectivity index (χ3n) is 3.48. The van der Waals surface area contributed by atoms with Crippen LogP contribution in [-0.4, -0.2) is 21.8 Å². The lowest BCUT2D eigenvalue weighted by atomic mass is 10.1. The Kier molecular flexibility index (Phi) is 3.44. The molecule has 1 aromatic heterocycles. The molecule has 1 saturated carbocycles. The Labute approximate surface area is 122 Å². The molecule has 1 amide bonds. The Balaban J connectivity index is 1.83. The SMILES string of the molecule is Cc1ncc(C(=O)N(Cc2ccccc2N)C2CC2)s1. The zero-order valence-electron chi connectivity index (χ0n) is 11.4. The van der Waals surface area contributed by atoms with E-state index < -0.39 is 0 Å². The number of benzene rings is 1. The number of carbonyl (C=O) groups excluding carboxylic acids is 1. The first kappa shape index (κ1) is 13.1. The third-order valence-corrected chi connectivity index (χ3v) is 4.38. The summed E-state index contributed by atoms with van der Waals surface area (Å²) in [5.74, 6) is 0.0707. The maximum Gasteiger partial charge on any atom is 0.266 e. The van der Waals surface area contributed by atoms with E-state index in [2.05, 4.69) is 4.98 Å². The van der Waals surface area contributed by atoms with E-state index >= 15 is 0 Å². The number of nitrogen functional groups attached to an aromatic ring is 1. The van der Waals surface area contributed by atoms with Crippen LogP contribution in [0.3, 0.4) is 0 Å². The lowest BCUT2D eigenvalue weighted by molar-refractivity contribution is 0.0735. The highest BCUT2D eigenvalue weighted by Crippen LogP contribution is 2.31. The molecule has 0 saturated heterocycles. The number of hydrogen-bond donors (Lipinski definition) is 1. The average Bonchev–Trinajstić information content (AvgIpc) is 3.18. The van der Waals surface area contributed by atoms with E-state index in [-0.39, 0.29) is 5.91 Å². The standard InChI is InChI=1S/C15H17N3OS/c1-10-17-8-14(20-10)15(19)18(12-6-7-12)9-11-4-2-3-5-13(11)16/h2-5,8,12H,6-7,9,16H2,1H3. The van der Waals surface area contributed by atoms with Gasteiger partial charge in [-0.05, 0) is 31.4 Å². The molecule has 0 atom stereocenters. The van der Waals surface area contributed by atoms with Gasteiger partial charge < -0.3 is 10.6 Å². The number of para-hydroxylation sites is 1. The van der Waals surface area contributed by atoms with Crippen molar-refractivity contribution in [2.75, 3.05) is 5.73 Å². The average molecular weight is 287 g/mol. The van der Waals surface area contributed by atoms with E-state index in [0.717, 1.165) is 29.1 Å². The molecule has 0 unspecified atom stereocenters. The van der Waals surface area contributed by atoms with Crippen LogP contribution in [-0.2, 0) is 6.54 Å². The van der Waals surface area contributed by atoms with Crippen molar-refractivity contribution in [3.8, 4) is 0 Å². The molecule has 5 heteroatoms. The first-order chi connectivity index (χ1) is 9.65. The van der Waals surface area contributed by atoms with Gasteiger partial charge in [-0.3, -0.25) is 4.79 Å². The second-order valence-corrected chi connectivity index (χ2v) is 6.34. The summed E-state index contributed by atoms with van der Waals surface area (Å²) in [6.45, 7) is 2.49. The van der Waals surface area contributed by atoms with Crippen molar-refractivity contribution in [3.63, 3.8) is 0 Å². The van der Waals surface area contributed by atoms with Gasteiger partial charge in [0.2, 0.25) is 0 Å². The molecule has 1 aliphatic rings. The second-order valence-electron chi connectivity index (χ2n) is 5.11. The summed E-state index contributed by atoms with van der Waals surface area (Å²) in [6, 6.07) is 8.08. The molecule has 2 N–H and O–H groups in total. The number of nitrogens with two attached hydrogens (primary N) is 1. The molecule has 104 valence electrons. The summed E-state index contributed by atoms with van der Waals surface area (Å²) in [5, 5.41) is 0.920. The number of thiazole rings is 1. The molecular formula is C15H17N3OS. The number of amides is 1. The highest BCUT2D eigenvalue weighted by atomic mass is 32.1. The minimum atomic E-state index is 0.0707. The molecule has 20 heavy (non-hydrogen) atoms. The van der Waals surface area contributed by atoms with Crippen LogP contribution >= 0.6 is 11.3 Å². The van der Waals surface area contributed by atoms with Crippen LogP contribution in [0.1, 0.15) is 33.1 Å². The van der Waals surface area contributed by atoms with E-state index in [9.17, 15) is 4.79 Å². The van der Waals surface area contributed by atoms with Crippen LogP contribution in [0.2, 0.25) is 0 Å². The van der Waals surface area contributed by atoms with Crippen LogP contribution in [0.25, 0.3) is 0 Å². The largest absolute Gasteiger partial charge is 0.398 e. The summed E-state index contributed by atoms with van der Waals surface area (Å²) >= 11 is 1.45. The van der Waals surface area contributed by atoms with Gasteiger partial charge in [0.15, 0.2) is 0 Å². The normalized spacial score (nSPS) is 14.2. The van der Waals surface area contributed by atoms with E-state index in [0.29, 0.717) is 17.5 Å². The Morgan fingerprint density at radius 2 is 2.20 bits per heavy atom. The summed E-state index contributed by atoms with van der Waals surface area (Å²) in [5.41, 5.74) is 7.74. The number of nitrogens with zero attached hydrogens (tertiary/aromatic N) is 2. The van der Waals surface area contributed by atoms with E-state index in [4.69, 9.17) is 5.73 Å². The zero-order valence-corrected chi connectivity index (χ0v) is 12.2. The maximum atomic E-state index is 12.6. The number of carbonyl (C=O) groups is 1. The first-order valence-corrected chi connectivity index (χ1v) is 7.53. The minimum Gasteiger partial charge on any atom is -0.398 e. The molecule has 0 bridgehead atoms. The van der Waals surface area contributed by atoms with Gasteiger partial charge in [0.05, 0.1) is 11.2 Å². The smallest absolute Gasteiger partial charge is 0.266 e. The topological polar surface area (TPSA) is 59.2 Å². The molecule has 1 aliphatic carbocycles. The number of rotatable bonds is 4.